The quantitative estimate of drug-likeness (QED) is 0.844. The van der Waals surface area contributed by atoms with Crippen molar-refractivity contribution in [3.8, 4) is 5.75 Å². The number of hydrogen-bond acceptors (Lipinski definition) is 3. The molecule has 0 spiro atoms. The molecular weight excluding hydrogens is 262 g/mol. The lowest BCUT2D eigenvalue weighted by molar-refractivity contribution is -0.0498. The number of ether oxygens (including phenoxy) is 1. The minimum Gasteiger partial charge on any atom is -0.435 e. The van der Waals surface area contributed by atoms with Crippen LogP contribution >= 0.6 is 0 Å². The number of alkyl halides is 2. The van der Waals surface area contributed by atoms with Crippen LogP contribution < -0.4 is 15.8 Å². The molecule has 20 heavy (non-hydrogen) atoms. The molecule has 3 nitrogen and oxygen atoms in total. The first-order valence-corrected chi connectivity index (χ1v) is 7.16. The maximum atomic E-state index is 12.0. The second-order valence-corrected chi connectivity index (χ2v) is 5.29. The van der Waals surface area contributed by atoms with Crippen molar-refractivity contribution in [1.82, 2.24) is 5.32 Å². The van der Waals surface area contributed by atoms with Crippen LogP contribution in [0.15, 0.2) is 24.3 Å². The van der Waals surface area contributed by atoms with Crippen LogP contribution in [0.2, 0.25) is 0 Å². The highest BCUT2D eigenvalue weighted by Gasteiger charge is 2.23. The van der Waals surface area contributed by atoms with Crippen molar-refractivity contribution in [1.29, 1.82) is 0 Å². The molecule has 5 heteroatoms. The SMILES string of the molecule is NCC1CCCCC1NCc1ccc(OC(F)F)cc1. The van der Waals surface area contributed by atoms with Crippen molar-refractivity contribution < 1.29 is 13.5 Å². The van der Waals surface area contributed by atoms with Crippen LogP contribution in [0.25, 0.3) is 0 Å². The van der Waals surface area contributed by atoms with Gasteiger partial charge in [0.1, 0.15) is 5.75 Å². The summed E-state index contributed by atoms with van der Waals surface area (Å²) in [4.78, 5) is 0. The lowest BCUT2D eigenvalue weighted by Gasteiger charge is -2.31. The Hall–Kier alpha value is -1.20. The van der Waals surface area contributed by atoms with Gasteiger partial charge in [-0.1, -0.05) is 25.0 Å². The van der Waals surface area contributed by atoms with Crippen molar-refractivity contribution >= 4 is 0 Å². The summed E-state index contributed by atoms with van der Waals surface area (Å²) in [6.07, 6.45) is 4.86. The second-order valence-electron chi connectivity index (χ2n) is 5.29. The molecule has 1 saturated carbocycles. The summed E-state index contributed by atoms with van der Waals surface area (Å²) in [7, 11) is 0. The largest absolute Gasteiger partial charge is 0.435 e. The van der Waals surface area contributed by atoms with Gasteiger partial charge in [-0.3, -0.25) is 0 Å². The molecule has 0 aliphatic heterocycles. The smallest absolute Gasteiger partial charge is 0.387 e. The predicted octanol–water partition coefficient (Wildman–Crippen LogP) is 2.90. The molecule has 0 aromatic heterocycles. The third kappa shape index (κ3) is 4.42. The number of rotatable bonds is 6. The maximum absolute atomic E-state index is 12.0. The molecule has 2 atom stereocenters. The Bertz CT molecular complexity index is 397. The number of hydrogen-bond donors (Lipinski definition) is 2. The van der Waals surface area contributed by atoms with Crippen molar-refractivity contribution in [3.05, 3.63) is 29.8 Å². The van der Waals surface area contributed by atoms with E-state index in [9.17, 15) is 8.78 Å². The first-order chi connectivity index (χ1) is 9.69. The van der Waals surface area contributed by atoms with Gasteiger partial charge < -0.3 is 15.8 Å². The average Bonchev–Trinajstić information content (AvgIpc) is 2.46. The minimum absolute atomic E-state index is 0.196. The zero-order chi connectivity index (χ0) is 14.4. The topological polar surface area (TPSA) is 47.3 Å². The Kier molecular flexibility index (Phi) is 5.73. The van der Waals surface area contributed by atoms with Gasteiger partial charge in [0.2, 0.25) is 0 Å². The van der Waals surface area contributed by atoms with Gasteiger partial charge in [-0.05, 0) is 43.0 Å². The highest BCUT2D eigenvalue weighted by Crippen LogP contribution is 2.24. The van der Waals surface area contributed by atoms with E-state index in [2.05, 4.69) is 10.1 Å². The number of benzene rings is 1. The molecule has 0 saturated heterocycles. The molecule has 1 aliphatic rings. The number of nitrogens with two attached hydrogens (primary N) is 1. The van der Waals surface area contributed by atoms with Crippen LogP contribution in [-0.4, -0.2) is 19.2 Å². The Morgan fingerprint density at radius 2 is 1.90 bits per heavy atom. The van der Waals surface area contributed by atoms with E-state index >= 15 is 0 Å². The minimum atomic E-state index is -2.77. The lowest BCUT2D eigenvalue weighted by atomic mass is 9.84. The Morgan fingerprint density at radius 3 is 2.55 bits per heavy atom. The summed E-state index contributed by atoms with van der Waals surface area (Å²) < 4.78 is 28.4. The summed E-state index contributed by atoms with van der Waals surface area (Å²) >= 11 is 0. The Balaban J connectivity index is 1.83. The number of halogens is 2. The molecule has 2 unspecified atom stereocenters. The van der Waals surface area contributed by atoms with Gasteiger partial charge in [-0.2, -0.15) is 8.78 Å². The Labute approximate surface area is 118 Å². The first-order valence-electron chi connectivity index (χ1n) is 7.16. The van der Waals surface area contributed by atoms with E-state index in [1.807, 2.05) is 12.1 Å². The van der Waals surface area contributed by atoms with Gasteiger partial charge >= 0.3 is 6.61 Å². The van der Waals surface area contributed by atoms with Crippen molar-refractivity contribution in [2.24, 2.45) is 11.7 Å². The van der Waals surface area contributed by atoms with E-state index in [1.165, 1.54) is 19.3 Å². The second kappa shape index (κ2) is 7.55. The molecule has 1 fully saturated rings. The summed E-state index contributed by atoms with van der Waals surface area (Å²) in [5.41, 5.74) is 6.86. The van der Waals surface area contributed by atoms with E-state index in [0.717, 1.165) is 25.1 Å². The highest BCUT2D eigenvalue weighted by atomic mass is 19.3. The van der Waals surface area contributed by atoms with Crippen LogP contribution in [0.5, 0.6) is 5.75 Å². The fraction of sp³-hybridized carbons (Fsp3) is 0.600. The van der Waals surface area contributed by atoms with E-state index in [-0.39, 0.29) is 5.75 Å². The van der Waals surface area contributed by atoms with Gasteiger partial charge in [-0.15, -0.1) is 0 Å². The van der Waals surface area contributed by atoms with Gasteiger partial charge in [-0.25, -0.2) is 0 Å². The van der Waals surface area contributed by atoms with Crippen LogP contribution in [0.3, 0.4) is 0 Å². The van der Waals surface area contributed by atoms with Crippen molar-refractivity contribution in [2.75, 3.05) is 6.54 Å². The van der Waals surface area contributed by atoms with Gasteiger partial charge in [0, 0.05) is 12.6 Å². The summed E-state index contributed by atoms with van der Waals surface area (Å²) in [5, 5.41) is 3.53. The Morgan fingerprint density at radius 1 is 1.20 bits per heavy atom. The van der Waals surface area contributed by atoms with Gasteiger partial charge in [0.25, 0.3) is 0 Å². The van der Waals surface area contributed by atoms with E-state index < -0.39 is 6.61 Å². The van der Waals surface area contributed by atoms with Crippen molar-refractivity contribution in [2.45, 2.75) is 44.9 Å². The number of nitrogens with one attached hydrogen (secondary N) is 1. The zero-order valence-corrected chi connectivity index (χ0v) is 11.5. The molecule has 1 aliphatic carbocycles. The first kappa shape index (κ1) is 15.2. The van der Waals surface area contributed by atoms with Gasteiger partial charge in [0.15, 0.2) is 0 Å². The molecular formula is C15H22F2N2O. The summed E-state index contributed by atoms with van der Waals surface area (Å²) in [6.45, 7) is -1.32. The van der Waals surface area contributed by atoms with E-state index in [0.29, 0.717) is 12.0 Å². The average molecular weight is 284 g/mol. The molecule has 0 bridgehead atoms. The molecule has 0 heterocycles. The summed E-state index contributed by atoms with van der Waals surface area (Å²) in [6, 6.07) is 7.23. The summed E-state index contributed by atoms with van der Waals surface area (Å²) in [5.74, 6) is 0.742. The third-order valence-electron chi connectivity index (χ3n) is 3.93. The van der Waals surface area contributed by atoms with Gasteiger partial charge in [0.05, 0.1) is 0 Å². The van der Waals surface area contributed by atoms with Crippen LogP contribution in [0.4, 0.5) is 8.78 Å². The molecule has 2 rings (SSSR count). The molecule has 112 valence electrons. The molecule has 0 amide bonds. The fourth-order valence-corrected chi connectivity index (χ4v) is 2.80. The van der Waals surface area contributed by atoms with E-state index in [1.54, 1.807) is 12.1 Å². The predicted molar refractivity (Wildman–Crippen MR) is 74.7 cm³/mol. The molecule has 0 radical (unpaired) electrons. The van der Waals surface area contributed by atoms with Crippen molar-refractivity contribution in [3.63, 3.8) is 0 Å². The third-order valence-corrected chi connectivity index (χ3v) is 3.93. The lowest BCUT2D eigenvalue weighted by Crippen LogP contribution is -2.41. The van der Waals surface area contributed by atoms with Crippen LogP contribution in [0, 0.1) is 5.92 Å². The zero-order valence-electron chi connectivity index (χ0n) is 11.5. The fourth-order valence-electron chi connectivity index (χ4n) is 2.80. The monoisotopic (exact) mass is 284 g/mol. The standard InChI is InChI=1S/C15H22F2N2O/c16-15(17)20-13-7-5-11(6-8-13)10-19-14-4-2-1-3-12(14)9-18/h5-8,12,14-15,19H,1-4,9-10,18H2. The van der Waals surface area contributed by atoms with Crippen LogP contribution in [0.1, 0.15) is 31.2 Å². The molecule has 1 aromatic rings. The normalized spacial score (nSPS) is 23.0. The maximum Gasteiger partial charge on any atom is 0.387 e. The van der Waals surface area contributed by atoms with E-state index in [4.69, 9.17) is 5.73 Å². The molecule has 1 aromatic carbocycles. The van der Waals surface area contributed by atoms with Crippen LogP contribution in [-0.2, 0) is 6.54 Å². The highest BCUT2D eigenvalue weighted by molar-refractivity contribution is 5.27. The molecule has 3 N–H and O–H groups in total.